The second-order valence-electron chi connectivity index (χ2n) is 6.55. The van der Waals surface area contributed by atoms with Crippen LogP contribution in [0.15, 0.2) is 77.7 Å². The fraction of sp³-hybridized carbons (Fsp3) is 0.182. The fourth-order valence-corrected chi connectivity index (χ4v) is 4.67. The van der Waals surface area contributed by atoms with Crippen molar-refractivity contribution in [3.8, 4) is 0 Å². The van der Waals surface area contributed by atoms with Crippen LogP contribution in [-0.2, 0) is 16.6 Å². The molecule has 0 aliphatic carbocycles. The van der Waals surface area contributed by atoms with Gasteiger partial charge in [-0.05, 0) is 49.6 Å². The smallest absolute Gasteiger partial charge is 0.261 e. The zero-order chi connectivity index (χ0) is 18.7. The summed E-state index contributed by atoms with van der Waals surface area (Å²) in [5, 5.41) is 0. The van der Waals surface area contributed by atoms with Gasteiger partial charge >= 0.3 is 0 Å². The SMILES string of the molecule is Cc1ccc(CN(c2c(C)cccc2C)S(=O)(=O)c2ccccc2)cc1. The second-order valence-corrected chi connectivity index (χ2v) is 8.41. The molecule has 3 aromatic carbocycles. The minimum absolute atomic E-state index is 0.295. The van der Waals surface area contributed by atoms with Gasteiger partial charge in [-0.2, -0.15) is 0 Å². The van der Waals surface area contributed by atoms with Crippen LogP contribution in [0, 0.1) is 20.8 Å². The Morgan fingerprint density at radius 1 is 0.731 bits per heavy atom. The lowest BCUT2D eigenvalue weighted by molar-refractivity contribution is 0.590. The number of sulfonamides is 1. The highest BCUT2D eigenvalue weighted by molar-refractivity contribution is 7.92. The Labute approximate surface area is 156 Å². The van der Waals surface area contributed by atoms with Crippen molar-refractivity contribution in [2.45, 2.75) is 32.2 Å². The average Bonchev–Trinajstić information content (AvgIpc) is 2.63. The summed E-state index contributed by atoms with van der Waals surface area (Å²) in [6, 6.07) is 22.4. The van der Waals surface area contributed by atoms with E-state index in [0.717, 1.165) is 27.9 Å². The molecule has 26 heavy (non-hydrogen) atoms. The van der Waals surface area contributed by atoms with Crippen molar-refractivity contribution in [3.63, 3.8) is 0 Å². The summed E-state index contributed by atoms with van der Waals surface area (Å²) in [7, 11) is -3.67. The van der Waals surface area contributed by atoms with Crippen LogP contribution in [0.25, 0.3) is 0 Å². The lowest BCUT2D eigenvalue weighted by Crippen LogP contribution is -2.31. The van der Waals surface area contributed by atoms with E-state index in [1.54, 1.807) is 24.3 Å². The van der Waals surface area contributed by atoms with Gasteiger partial charge in [0.2, 0.25) is 0 Å². The Kier molecular flexibility index (Phi) is 5.14. The highest BCUT2D eigenvalue weighted by Crippen LogP contribution is 2.31. The van der Waals surface area contributed by atoms with Crippen molar-refractivity contribution >= 4 is 15.7 Å². The maximum atomic E-state index is 13.4. The Morgan fingerprint density at radius 3 is 1.88 bits per heavy atom. The van der Waals surface area contributed by atoms with Gasteiger partial charge < -0.3 is 0 Å². The third kappa shape index (κ3) is 3.65. The summed E-state index contributed by atoms with van der Waals surface area (Å²) in [6.07, 6.45) is 0. The van der Waals surface area contributed by atoms with E-state index in [4.69, 9.17) is 0 Å². The highest BCUT2D eigenvalue weighted by Gasteiger charge is 2.27. The van der Waals surface area contributed by atoms with Gasteiger partial charge in [0.1, 0.15) is 0 Å². The van der Waals surface area contributed by atoms with Crippen LogP contribution in [0.2, 0.25) is 0 Å². The third-order valence-corrected chi connectivity index (χ3v) is 6.23. The van der Waals surface area contributed by atoms with Crippen LogP contribution in [0.1, 0.15) is 22.3 Å². The standard InChI is InChI=1S/C22H23NO2S/c1-17-12-14-20(15-13-17)16-23(22-18(2)8-7-9-19(22)3)26(24,25)21-10-5-4-6-11-21/h4-15H,16H2,1-3H3. The summed E-state index contributed by atoms with van der Waals surface area (Å²) in [5.41, 5.74) is 4.74. The molecule has 0 fully saturated rings. The van der Waals surface area contributed by atoms with E-state index in [-0.39, 0.29) is 0 Å². The van der Waals surface area contributed by atoms with Crippen molar-refractivity contribution in [1.82, 2.24) is 0 Å². The monoisotopic (exact) mass is 365 g/mol. The van der Waals surface area contributed by atoms with Crippen molar-refractivity contribution < 1.29 is 8.42 Å². The molecule has 4 heteroatoms. The maximum absolute atomic E-state index is 13.4. The molecule has 0 aliphatic rings. The minimum Gasteiger partial charge on any atom is -0.261 e. The molecule has 0 N–H and O–H groups in total. The quantitative estimate of drug-likeness (QED) is 0.637. The number of benzene rings is 3. The molecule has 3 aromatic rings. The van der Waals surface area contributed by atoms with Gasteiger partial charge in [-0.1, -0.05) is 66.2 Å². The fourth-order valence-electron chi connectivity index (χ4n) is 3.06. The average molecular weight is 365 g/mol. The first kappa shape index (κ1) is 18.2. The second kappa shape index (κ2) is 7.34. The van der Waals surface area contributed by atoms with E-state index >= 15 is 0 Å². The van der Waals surface area contributed by atoms with Gasteiger partial charge in [0, 0.05) is 0 Å². The summed E-state index contributed by atoms with van der Waals surface area (Å²) < 4.78 is 28.4. The molecular weight excluding hydrogens is 342 g/mol. The molecule has 3 rings (SSSR count). The maximum Gasteiger partial charge on any atom is 0.264 e. The number of anilines is 1. The molecule has 0 atom stereocenters. The van der Waals surface area contributed by atoms with Crippen LogP contribution >= 0.6 is 0 Å². The molecule has 3 nitrogen and oxygen atoms in total. The first-order valence-electron chi connectivity index (χ1n) is 8.59. The van der Waals surface area contributed by atoms with Crippen LogP contribution in [0.3, 0.4) is 0 Å². The van der Waals surface area contributed by atoms with E-state index in [1.807, 2.05) is 69.3 Å². The van der Waals surface area contributed by atoms with Crippen molar-refractivity contribution in [2.75, 3.05) is 4.31 Å². The van der Waals surface area contributed by atoms with Gasteiger partial charge in [-0.15, -0.1) is 0 Å². The Balaban J connectivity index is 2.15. The highest BCUT2D eigenvalue weighted by atomic mass is 32.2. The lowest BCUT2D eigenvalue weighted by Gasteiger charge is -2.28. The molecule has 0 bridgehead atoms. The summed E-state index contributed by atoms with van der Waals surface area (Å²) >= 11 is 0. The first-order chi connectivity index (χ1) is 12.4. The summed E-state index contributed by atoms with van der Waals surface area (Å²) in [6.45, 7) is 6.22. The Bertz CT molecular complexity index is 974. The predicted octanol–water partition coefficient (Wildman–Crippen LogP) is 5.01. The van der Waals surface area contributed by atoms with Gasteiger partial charge in [0.15, 0.2) is 0 Å². The van der Waals surface area contributed by atoms with Crippen LogP contribution < -0.4 is 4.31 Å². The largest absolute Gasteiger partial charge is 0.264 e. The molecule has 0 heterocycles. The van der Waals surface area contributed by atoms with E-state index in [0.29, 0.717) is 11.4 Å². The van der Waals surface area contributed by atoms with Crippen molar-refractivity contribution in [2.24, 2.45) is 0 Å². The van der Waals surface area contributed by atoms with Crippen molar-refractivity contribution in [3.05, 3.63) is 95.1 Å². The molecule has 0 spiro atoms. The normalized spacial score (nSPS) is 11.3. The molecule has 134 valence electrons. The molecule has 0 aromatic heterocycles. The summed E-state index contributed by atoms with van der Waals surface area (Å²) in [4.78, 5) is 0.301. The number of rotatable bonds is 5. The van der Waals surface area contributed by atoms with Crippen LogP contribution in [-0.4, -0.2) is 8.42 Å². The zero-order valence-electron chi connectivity index (χ0n) is 15.3. The molecule has 0 saturated heterocycles. The number of hydrogen-bond acceptors (Lipinski definition) is 2. The Morgan fingerprint density at radius 2 is 1.31 bits per heavy atom. The van der Waals surface area contributed by atoms with Gasteiger partial charge in [-0.25, -0.2) is 8.42 Å². The van der Waals surface area contributed by atoms with Gasteiger partial charge in [-0.3, -0.25) is 4.31 Å². The van der Waals surface area contributed by atoms with Crippen LogP contribution in [0.5, 0.6) is 0 Å². The van der Waals surface area contributed by atoms with Crippen LogP contribution in [0.4, 0.5) is 5.69 Å². The molecule has 0 amide bonds. The zero-order valence-corrected chi connectivity index (χ0v) is 16.1. The number of hydrogen-bond donors (Lipinski definition) is 0. The van der Waals surface area contributed by atoms with E-state index in [1.165, 1.54) is 4.31 Å². The number of para-hydroxylation sites is 1. The summed E-state index contributed by atoms with van der Waals surface area (Å²) in [5.74, 6) is 0. The third-order valence-electron chi connectivity index (χ3n) is 4.47. The van der Waals surface area contributed by atoms with E-state index in [2.05, 4.69) is 0 Å². The predicted molar refractivity (Wildman–Crippen MR) is 107 cm³/mol. The van der Waals surface area contributed by atoms with Crippen molar-refractivity contribution in [1.29, 1.82) is 0 Å². The minimum atomic E-state index is -3.67. The Hall–Kier alpha value is -2.59. The van der Waals surface area contributed by atoms with Gasteiger partial charge in [0.25, 0.3) is 10.0 Å². The number of aryl methyl sites for hydroxylation is 3. The van der Waals surface area contributed by atoms with Gasteiger partial charge in [0.05, 0.1) is 17.1 Å². The molecule has 0 radical (unpaired) electrons. The topological polar surface area (TPSA) is 37.4 Å². The lowest BCUT2D eigenvalue weighted by atomic mass is 10.1. The molecular formula is C22H23NO2S. The number of nitrogens with zero attached hydrogens (tertiary/aromatic N) is 1. The van der Waals surface area contributed by atoms with E-state index < -0.39 is 10.0 Å². The molecule has 0 unspecified atom stereocenters. The molecule has 0 saturated carbocycles. The molecule has 0 aliphatic heterocycles. The first-order valence-corrected chi connectivity index (χ1v) is 10.0. The van der Waals surface area contributed by atoms with E-state index in [9.17, 15) is 8.42 Å².